The van der Waals surface area contributed by atoms with Crippen LogP contribution in [0, 0.1) is 10.1 Å². The van der Waals surface area contributed by atoms with Crippen molar-refractivity contribution in [2.45, 2.75) is 4.90 Å². The first-order valence-corrected chi connectivity index (χ1v) is 9.71. The Hall–Kier alpha value is -3.23. The van der Waals surface area contributed by atoms with Crippen LogP contribution in [0.25, 0.3) is 6.08 Å². The first-order valence-electron chi connectivity index (χ1n) is 7.85. The van der Waals surface area contributed by atoms with E-state index < -0.39 is 37.1 Å². The van der Waals surface area contributed by atoms with Gasteiger partial charge in [0.25, 0.3) is 0 Å². The molecule has 0 aliphatic rings. The van der Waals surface area contributed by atoms with Crippen LogP contribution in [0.15, 0.2) is 80.9 Å². The van der Waals surface area contributed by atoms with Crippen LogP contribution in [0.1, 0.15) is 16.1 Å². The van der Waals surface area contributed by atoms with Crippen LogP contribution < -0.4 is 0 Å². The van der Waals surface area contributed by atoms with Crippen molar-refractivity contribution in [1.82, 2.24) is 0 Å². The summed E-state index contributed by atoms with van der Waals surface area (Å²) in [5.74, 6) is -2.13. The number of halogens is 1. The van der Waals surface area contributed by atoms with Crippen LogP contribution in [0.4, 0.5) is 5.88 Å². The third-order valence-corrected chi connectivity index (χ3v) is 5.72. The fourth-order valence-corrected chi connectivity index (χ4v) is 4.01. The van der Waals surface area contributed by atoms with Gasteiger partial charge >= 0.3 is 5.88 Å². The van der Waals surface area contributed by atoms with Gasteiger partial charge in [-0.05, 0) is 42.0 Å². The van der Waals surface area contributed by atoms with Gasteiger partial charge in [-0.1, -0.05) is 41.9 Å². The first-order chi connectivity index (χ1) is 13.3. The predicted molar refractivity (Wildman–Crippen MR) is 103 cm³/mol. The molecular weight excluding hydrogens is 406 g/mol. The van der Waals surface area contributed by atoms with E-state index in [0.29, 0.717) is 10.6 Å². The third-order valence-electron chi connectivity index (χ3n) is 3.71. The van der Waals surface area contributed by atoms with Gasteiger partial charge in [0.1, 0.15) is 9.83 Å². The van der Waals surface area contributed by atoms with Crippen molar-refractivity contribution in [1.29, 1.82) is 0 Å². The van der Waals surface area contributed by atoms with Gasteiger partial charge in [-0.2, -0.15) is 0 Å². The van der Waals surface area contributed by atoms with Crippen molar-refractivity contribution in [2.75, 3.05) is 0 Å². The highest BCUT2D eigenvalue weighted by atomic mass is 35.5. The maximum absolute atomic E-state index is 13.1. The van der Waals surface area contributed by atoms with Gasteiger partial charge in [-0.3, -0.25) is 14.9 Å². The lowest BCUT2D eigenvalue weighted by Crippen LogP contribution is -2.14. The van der Waals surface area contributed by atoms with E-state index in [9.17, 15) is 23.3 Å². The molecule has 3 aromatic rings. The van der Waals surface area contributed by atoms with E-state index in [1.54, 1.807) is 24.3 Å². The number of carbonyl (C=O) groups is 1. The molecular formula is C19H12ClNO6S. The third kappa shape index (κ3) is 4.03. The number of ketones is 1. The largest absolute Gasteiger partial charge is 0.433 e. The van der Waals surface area contributed by atoms with Crippen molar-refractivity contribution >= 4 is 39.2 Å². The number of carbonyl (C=O) groups excluding carboxylic acids is 1. The number of Topliss-reactive ketones (excluding diaryl/α,β-unsaturated/α-hetero) is 1. The smallest absolute Gasteiger partial charge is 0.397 e. The SMILES string of the molecule is O=C(C(=Cc1cccc(Cl)c1)S(=O)(=O)c1ccccc1)c1ccc([N+](=O)[O-])o1. The molecule has 142 valence electrons. The average molecular weight is 418 g/mol. The van der Waals surface area contributed by atoms with Crippen LogP contribution in [0.2, 0.25) is 5.02 Å². The molecule has 0 bridgehead atoms. The Morgan fingerprint density at radius 2 is 1.75 bits per heavy atom. The van der Waals surface area contributed by atoms with E-state index in [2.05, 4.69) is 0 Å². The van der Waals surface area contributed by atoms with E-state index in [1.807, 2.05) is 0 Å². The summed E-state index contributed by atoms with van der Waals surface area (Å²) in [7, 11) is -4.23. The Bertz CT molecular complexity index is 1180. The molecule has 1 aromatic heterocycles. The van der Waals surface area contributed by atoms with E-state index >= 15 is 0 Å². The van der Waals surface area contributed by atoms with E-state index in [-0.39, 0.29) is 4.90 Å². The van der Waals surface area contributed by atoms with Crippen molar-refractivity contribution < 1.29 is 22.6 Å². The summed E-state index contributed by atoms with van der Waals surface area (Å²) in [6, 6.07) is 15.7. The molecule has 0 saturated carbocycles. The molecule has 28 heavy (non-hydrogen) atoms. The summed E-state index contributed by atoms with van der Waals surface area (Å²) in [4.78, 5) is 22.2. The standard InChI is InChI=1S/C19H12ClNO6S/c20-14-6-4-5-13(11-14)12-17(28(25,26)15-7-2-1-3-8-15)19(22)16-9-10-18(27-16)21(23)24/h1-12H. The van der Waals surface area contributed by atoms with E-state index in [1.165, 1.54) is 30.3 Å². The zero-order valence-electron chi connectivity index (χ0n) is 14.1. The fourth-order valence-electron chi connectivity index (χ4n) is 2.41. The molecule has 0 aliphatic carbocycles. The number of nitro groups is 1. The summed E-state index contributed by atoms with van der Waals surface area (Å²) in [6.45, 7) is 0. The van der Waals surface area contributed by atoms with Crippen molar-refractivity contribution in [2.24, 2.45) is 0 Å². The number of hydrogen-bond acceptors (Lipinski definition) is 6. The molecule has 0 unspecified atom stereocenters. The fraction of sp³-hybridized carbons (Fsp3) is 0. The quantitative estimate of drug-likeness (QED) is 0.252. The molecule has 0 saturated heterocycles. The molecule has 0 N–H and O–H groups in total. The number of rotatable bonds is 6. The molecule has 0 fully saturated rings. The second kappa shape index (κ2) is 7.79. The highest BCUT2D eigenvalue weighted by Gasteiger charge is 2.31. The lowest BCUT2D eigenvalue weighted by Gasteiger charge is -2.08. The summed E-state index contributed by atoms with van der Waals surface area (Å²) >= 11 is 5.94. The summed E-state index contributed by atoms with van der Waals surface area (Å²) in [5.41, 5.74) is 0.372. The number of benzene rings is 2. The molecule has 9 heteroatoms. The predicted octanol–water partition coefficient (Wildman–Crippen LogP) is 4.54. The maximum atomic E-state index is 13.1. The van der Waals surface area contributed by atoms with E-state index in [0.717, 1.165) is 18.2 Å². The second-order valence-corrected chi connectivity index (χ2v) is 7.96. The lowest BCUT2D eigenvalue weighted by atomic mass is 10.2. The lowest BCUT2D eigenvalue weighted by molar-refractivity contribution is -0.402. The van der Waals surface area contributed by atoms with Crippen LogP contribution in [0.3, 0.4) is 0 Å². The first kappa shape index (κ1) is 19.5. The Morgan fingerprint density at radius 1 is 1.04 bits per heavy atom. The number of furan rings is 1. The van der Waals surface area contributed by atoms with Crippen LogP contribution in [-0.2, 0) is 9.84 Å². The van der Waals surface area contributed by atoms with Crippen LogP contribution in [-0.4, -0.2) is 19.1 Å². The van der Waals surface area contributed by atoms with Crippen molar-refractivity contribution in [3.05, 3.63) is 98.1 Å². The Balaban J connectivity index is 2.16. The molecule has 0 spiro atoms. The zero-order chi connectivity index (χ0) is 20.3. The van der Waals surface area contributed by atoms with Crippen LogP contribution >= 0.6 is 11.6 Å². The molecule has 0 radical (unpaired) electrons. The van der Waals surface area contributed by atoms with Gasteiger partial charge in [-0.15, -0.1) is 0 Å². The normalized spacial score (nSPS) is 12.0. The van der Waals surface area contributed by atoms with Gasteiger partial charge in [0, 0.05) is 5.02 Å². The monoisotopic (exact) mass is 417 g/mol. The minimum atomic E-state index is -4.23. The minimum absolute atomic E-state index is 0.0994. The Labute approximate surface area is 164 Å². The number of allylic oxidation sites excluding steroid dienone is 1. The van der Waals surface area contributed by atoms with Crippen LogP contribution in [0.5, 0.6) is 0 Å². The summed E-state index contributed by atoms with van der Waals surface area (Å²) < 4.78 is 31.1. The highest BCUT2D eigenvalue weighted by Crippen LogP contribution is 2.27. The van der Waals surface area contributed by atoms with Gasteiger partial charge in [0.05, 0.1) is 11.0 Å². The maximum Gasteiger partial charge on any atom is 0.433 e. The molecule has 2 aromatic carbocycles. The minimum Gasteiger partial charge on any atom is -0.397 e. The van der Waals surface area contributed by atoms with Crippen molar-refractivity contribution in [3.8, 4) is 0 Å². The molecule has 0 amide bonds. The number of sulfone groups is 1. The Morgan fingerprint density at radius 3 is 2.36 bits per heavy atom. The van der Waals surface area contributed by atoms with Gasteiger partial charge < -0.3 is 4.42 Å². The van der Waals surface area contributed by atoms with Gasteiger partial charge in [0.15, 0.2) is 5.76 Å². The van der Waals surface area contributed by atoms with E-state index in [4.69, 9.17) is 16.0 Å². The molecule has 1 heterocycles. The zero-order valence-corrected chi connectivity index (χ0v) is 15.7. The second-order valence-electron chi connectivity index (χ2n) is 5.60. The van der Waals surface area contributed by atoms with Gasteiger partial charge in [-0.25, -0.2) is 8.42 Å². The van der Waals surface area contributed by atoms with Crippen molar-refractivity contribution in [3.63, 3.8) is 0 Å². The molecule has 0 atom stereocenters. The Kier molecular flexibility index (Phi) is 5.43. The summed E-state index contributed by atoms with van der Waals surface area (Å²) in [5, 5.41) is 11.2. The number of nitrogens with zero attached hydrogens (tertiary/aromatic N) is 1. The highest BCUT2D eigenvalue weighted by molar-refractivity contribution is 7.96. The molecule has 7 nitrogen and oxygen atoms in total. The van der Waals surface area contributed by atoms with Gasteiger partial charge in [0.2, 0.25) is 15.6 Å². The number of hydrogen-bond donors (Lipinski definition) is 0. The molecule has 0 aliphatic heterocycles. The summed E-state index contributed by atoms with van der Waals surface area (Å²) in [6.07, 6.45) is 1.16. The topological polar surface area (TPSA) is 107 Å². The molecule has 3 rings (SSSR count). The average Bonchev–Trinajstić information content (AvgIpc) is 3.17.